The molecule has 0 bridgehead atoms. The topological polar surface area (TPSA) is 68.8 Å². The Bertz CT molecular complexity index is 273. The molecule has 0 aliphatic carbocycles. The second-order valence-corrected chi connectivity index (χ2v) is 5.66. The Balaban J connectivity index is 3.18. The molecule has 132 valence electrons. The lowest BCUT2D eigenvalue weighted by Gasteiger charge is -2.10. The van der Waals surface area contributed by atoms with E-state index < -0.39 is 6.17 Å². The zero-order valence-electron chi connectivity index (χ0n) is 13.7. The number of carbonyl (C=O) groups excluding carboxylic acids is 1. The first-order valence-electron chi connectivity index (χ1n) is 7.48. The third kappa shape index (κ3) is 16.0. The molecular formula is C14H29FN2O4S. The molecule has 0 aromatic heterocycles. The molecule has 2 N–H and O–H groups in total. The van der Waals surface area contributed by atoms with E-state index in [1.807, 2.05) is 0 Å². The number of carbonyl (C=O) groups is 1. The van der Waals surface area contributed by atoms with Gasteiger partial charge in [-0.25, -0.2) is 4.39 Å². The molecule has 1 unspecified atom stereocenters. The van der Waals surface area contributed by atoms with Gasteiger partial charge in [0.2, 0.25) is 0 Å². The average molecular weight is 340 g/mol. The number of hydrogen-bond donors (Lipinski definition) is 2. The molecule has 0 aromatic carbocycles. The Morgan fingerprint density at radius 2 is 1.68 bits per heavy atom. The molecule has 6 nitrogen and oxygen atoms in total. The minimum Gasteiger partial charge on any atom is -0.378 e. The van der Waals surface area contributed by atoms with Crippen LogP contribution in [0, 0.1) is 0 Å². The highest BCUT2D eigenvalue weighted by Gasteiger charge is 2.08. The fraction of sp³-hybridized carbons (Fsp3) is 0.929. The van der Waals surface area contributed by atoms with Crippen molar-refractivity contribution in [3.63, 3.8) is 0 Å². The Morgan fingerprint density at radius 1 is 1.09 bits per heavy atom. The second-order valence-electron chi connectivity index (χ2n) is 4.88. The summed E-state index contributed by atoms with van der Waals surface area (Å²) in [7, 11) is 0. The molecule has 0 rings (SSSR count). The van der Waals surface area contributed by atoms with Crippen molar-refractivity contribution < 1.29 is 23.4 Å². The number of alkyl halides is 1. The van der Waals surface area contributed by atoms with Crippen LogP contribution >= 0.6 is 11.8 Å². The minimum atomic E-state index is -1.20. The van der Waals surface area contributed by atoms with Gasteiger partial charge in [-0.05, 0) is 6.26 Å². The summed E-state index contributed by atoms with van der Waals surface area (Å²) in [5.74, 6) is 0. The van der Waals surface area contributed by atoms with Gasteiger partial charge in [-0.2, -0.15) is 0 Å². The monoisotopic (exact) mass is 340 g/mol. The lowest BCUT2D eigenvalue weighted by Crippen LogP contribution is -2.30. The van der Waals surface area contributed by atoms with E-state index >= 15 is 0 Å². The van der Waals surface area contributed by atoms with Crippen LogP contribution in [0.4, 0.5) is 9.18 Å². The molecule has 0 saturated heterocycles. The first kappa shape index (κ1) is 21.6. The average Bonchev–Trinajstić information content (AvgIpc) is 2.49. The second kappa shape index (κ2) is 15.5. The molecule has 0 heterocycles. The van der Waals surface area contributed by atoms with Gasteiger partial charge >= 0.3 is 0 Å². The maximum atomic E-state index is 13.3. The van der Waals surface area contributed by atoms with Crippen molar-refractivity contribution in [3.8, 4) is 0 Å². The van der Waals surface area contributed by atoms with Crippen LogP contribution in [0.5, 0.6) is 0 Å². The van der Waals surface area contributed by atoms with Crippen LogP contribution in [0.25, 0.3) is 0 Å². The number of hydrogen-bond acceptors (Lipinski definition) is 6. The Labute approximate surface area is 136 Å². The largest absolute Gasteiger partial charge is 0.378 e. The smallest absolute Gasteiger partial charge is 0.278 e. The van der Waals surface area contributed by atoms with Gasteiger partial charge in [-0.15, -0.1) is 0 Å². The molecule has 0 radical (unpaired) electrons. The molecule has 0 aliphatic rings. The number of rotatable bonds is 14. The van der Waals surface area contributed by atoms with E-state index in [9.17, 15) is 9.18 Å². The maximum Gasteiger partial charge on any atom is 0.278 e. The van der Waals surface area contributed by atoms with Crippen molar-refractivity contribution in [2.24, 2.45) is 0 Å². The van der Waals surface area contributed by atoms with Gasteiger partial charge in [-0.1, -0.05) is 25.6 Å². The van der Waals surface area contributed by atoms with Gasteiger partial charge in [0.1, 0.15) is 6.17 Å². The third-order valence-corrected chi connectivity index (χ3v) is 3.01. The third-order valence-electron chi connectivity index (χ3n) is 2.49. The summed E-state index contributed by atoms with van der Waals surface area (Å²) in [5.41, 5.74) is 0. The molecule has 8 heteroatoms. The first-order valence-corrected chi connectivity index (χ1v) is 8.71. The van der Waals surface area contributed by atoms with E-state index in [0.717, 1.165) is 18.3 Å². The highest BCUT2D eigenvalue weighted by molar-refractivity contribution is 8.12. The summed E-state index contributed by atoms with van der Waals surface area (Å²) < 4.78 is 29.1. The predicted molar refractivity (Wildman–Crippen MR) is 87.4 cm³/mol. The quantitative estimate of drug-likeness (QED) is 0.467. The SMILES string of the molecule is CSC(=O)NCC(F)COCCOCCOCCNC(C)C. The fourth-order valence-corrected chi connectivity index (χ4v) is 1.62. The Hall–Kier alpha value is -0.410. The number of halogens is 1. The highest BCUT2D eigenvalue weighted by Crippen LogP contribution is 1.95. The molecule has 0 spiro atoms. The maximum absolute atomic E-state index is 13.3. The van der Waals surface area contributed by atoms with Crippen LogP contribution in [-0.2, 0) is 14.2 Å². The van der Waals surface area contributed by atoms with Gasteiger partial charge in [0.05, 0.1) is 46.2 Å². The summed E-state index contributed by atoms with van der Waals surface area (Å²) in [4.78, 5) is 10.9. The molecule has 0 aliphatic heterocycles. The van der Waals surface area contributed by atoms with Crippen LogP contribution in [0.15, 0.2) is 0 Å². The summed E-state index contributed by atoms with van der Waals surface area (Å²) in [5, 5.41) is 5.45. The number of ether oxygens (including phenoxy) is 3. The molecule has 0 fully saturated rings. The fourth-order valence-electron chi connectivity index (χ4n) is 1.40. The zero-order chi connectivity index (χ0) is 16.6. The summed E-state index contributed by atoms with van der Waals surface area (Å²) in [6.07, 6.45) is 0.439. The van der Waals surface area contributed by atoms with Gasteiger partial charge in [-0.3, -0.25) is 4.79 Å². The molecular weight excluding hydrogens is 311 g/mol. The van der Waals surface area contributed by atoms with Crippen LogP contribution in [-0.4, -0.2) is 76.4 Å². The normalized spacial score (nSPS) is 12.6. The van der Waals surface area contributed by atoms with Crippen LogP contribution < -0.4 is 10.6 Å². The molecule has 0 saturated carbocycles. The van der Waals surface area contributed by atoms with E-state index in [4.69, 9.17) is 14.2 Å². The minimum absolute atomic E-state index is 0.0290. The van der Waals surface area contributed by atoms with Crippen LogP contribution in [0.1, 0.15) is 13.8 Å². The zero-order valence-corrected chi connectivity index (χ0v) is 14.5. The summed E-state index contributed by atoms with van der Waals surface area (Å²) in [6.45, 7) is 7.33. The van der Waals surface area contributed by atoms with E-state index in [2.05, 4.69) is 24.5 Å². The Morgan fingerprint density at radius 3 is 2.27 bits per heavy atom. The Kier molecular flexibility index (Phi) is 15.2. The number of nitrogens with one attached hydrogen (secondary N) is 2. The lowest BCUT2D eigenvalue weighted by molar-refractivity contribution is 0.00443. The van der Waals surface area contributed by atoms with Crippen molar-refractivity contribution in [2.45, 2.75) is 26.1 Å². The van der Waals surface area contributed by atoms with E-state index in [-0.39, 0.29) is 18.4 Å². The van der Waals surface area contributed by atoms with Crippen molar-refractivity contribution in [3.05, 3.63) is 0 Å². The summed E-state index contributed by atoms with van der Waals surface area (Å²) >= 11 is 1.02. The number of thioether (sulfide) groups is 1. The van der Waals surface area contributed by atoms with Crippen molar-refractivity contribution in [1.82, 2.24) is 10.6 Å². The first-order chi connectivity index (χ1) is 10.6. The van der Waals surface area contributed by atoms with Gasteiger partial charge in [0, 0.05) is 12.6 Å². The molecule has 22 heavy (non-hydrogen) atoms. The van der Waals surface area contributed by atoms with Crippen molar-refractivity contribution in [1.29, 1.82) is 0 Å². The molecule has 0 aromatic rings. The van der Waals surface area contributed by atoms with E-state index in [1.54, 1.807) is 6.26 Å². The predicted octanol–water partition coefficient (Wildman–Crippen LogP) is 1.44. The lowest BCUT2D eigenvalue weighted by atomic mass is 10.4. The van der Waals surface area contributed by atoms with Crippen molar-refractivity contribution in [2.75, 3.05) is 59.0 Å². The van der Waals surface area contributed by atoms with Crippen LogP contribution in [0.2, 0.25) is 0 Å². The van der Waals surface area contributed by atoms with Crippen molar-refractivity contribution >= 4 is 17.0 Å². The number of amides is 1. The summed E-state index contributed by atoms with van der Waals surface area (Å²) in [6, 6.07) is 0.463. The molecule has 1 amide bonds. The molecule has 1 atom stereocenters. The van der Waals surface area contributed by atoms with E-state index in [0.29, 0.717) is 39.1 Å². The van der Waals surface area contributed by atoms with Gasteiger partial charge in [0.15, 0.2) is 0 Å². The van der Waals surface area contributed by atoms with E-state index in [1.165, 1.54) is 0 Å². The van der Waals surface area contributed by atoms with Gasteiger partial charge in [0.25, 0.3) is 5.24 Å². The van der Waals surface area contributed by atoms with Crippen LogP contribution in [0.3, 0.4) is 0 Å². The van der Waals surface area contributed by atoms with Gasteiger partial charge < -0.3 is 24.8 Å². The standard InChI is InChI=1S/C14H29FN2O4S/c1-12(2)16-4-5-19-6-7-20-8-9-21-11-13(15)10-17-14(18)22-3/h12-13,16H,4-11H2,1-3H3,(H,17,18). The highest BCUT2D eigenvalue weighted by atomic mass is 32.2.